The summed E-state index contributed by atoms with van der Waals surface area (Å²) in [6.45, 7) is 0.496. The minimum Gasteiger partial charge on any atom is -0.497 e. The highest BCUT2D eigenvalue weighted by atomic mass is 16.5. The number of fused-ring (bicyclic) bond motifs is 1. The summed E-state index contributed by atoms with van der Waals surface area (Å²) in [5.41, 5.74) is 9.33. The molecule has 1 aliphatic rings. The van der Waals surface area contributed by atoms with Gasteiger partial charge in [0.2, 0.25) is 5.88 Å². The Bertz CT molecular complexity index is 1080. The number of methoxy groups -OCH3 is 1. The normalized spacial score (nSPS) is 15.1. The quantitative estimate of drug-likeness (QED) is 0.701. The first kappa shape index (κ1) is 18.5. The molecule has 0 saturated carbocycles. The van der Waals surface area contributed by atoms with Crippen LogP contribution in [0.3, 0.4) is 0 Å². The molecule has 4 rings (SSSR count). The minimum absolute atomic E-state index is 0.114. The van der Waals surface area contributed by atoms with Crippen molar-refractivity contribution in [1.82, 2.24) is 0 Å². The molecule has 0 bridgehead atoms. The van der Waals surface area contributed by atoms with Crippen molar-refractivity contribution < 1.29 is 14.2 Å². The highest BCUT2D eigenvalue weighted by molar-refractivity contribution is 5.57. The SMILES string of the molecule is COc1ccc2c(c1)OC(N)=C(C#N)[C@H]2c1ccc(OCc2ccccc2)cc1. The van der Waals surface area contributed by atoms with E-state index in [1.807, 2.05) is 66.7 Å². The van der Waals surface area contributed by atoms with Gasteiger partial charge in [-0.15, -0.1) is 0 Å². The van der Waals surface area contributed by atoms with Crippen LogP contribution in [0.4, 0.5) is 0 Å². The van der Waals surface area contributed by atoms with Gasteiger partial charge in [-0.25, -0.2) is 0 Å². The zero-order valence-electron chi connectivity index (χ0n) is 16.0. The number of hydrogen-bond acceptors (Lipinski definition) is 5. The van der Waals surface area contributed by atoms with Gasteiger partial charge in [-0.3, -0.25) is 0 Å². The maximum atomic E-state index is 9.67. The second kappa shape index (κ2) is 7.99. The molecule has 1 atom stereocenters. The lowest BCUT2D eigenvalue weighted by Gasteiger charge is -2.26. The van der Waals surface area contributed by atoms with Crippen LogP contribution in [0.25, 0.3) is 0 Å². The number of ether oxygens (including phenoxy) is 3. The largest absolute Gasteiger partial charge is 0.497 e. The van der Waals surface area contributed by atoms with Crippen molar-refractivity contribution in [2.75, 3.05) is 7.11 Å². The Balaban J connectivity index is 1.62. The van der Waals surface area contributed by atoms with Crippen molar-refractivity contribution >= 4 is 0 Å². The number of nitrogens with two attached hydrogens (primary N) is 1. The molecule has 0 spiro atoms. The van der Waals surface area contributed by atoms with E-state index in [2.05, 4.69) is 6.07 Å². The van der Waals surface area contributed by atoms with E-state index >= 15 is 0 Å². The van der Waals surface area contributed by atoms with Crippen molar-refractivity contribution in [1.29, 1.82) is 5.26 Å². The molecule has 0 aromatic heterocycles. The third-order valence-electron chi connectivity index (χ3n) is 4.89. The van der Waals surface area contributed by atoms with Crippen LogP contribution in [-0.2, 0) is 6.61 Å². The lowest BCUT2D eigenvalue weighted by molar-refractivity contribution is 0.306. The lowest BCUT2D eigenvalue weighted by Crippen LogP contribution is -2.21. The first-order valence-electron chi connectivity index (χ1n) is 9.22. The van der Waals surface area contributed by atoms with E-state index < -0.39 is 0 Å². The Morgan fingerprint density at radius 1 is 1.00 bits per heavy atom. The van der Waals surface area contributed by atoms with Crippen LogP contribution in [-0.4, -0.2) is 7.11 Å². The standard InChI is InChI=1S/C24H20N2O3/c1-27-19-11-12-20-22(13-19)29-24(26)21(14-25)23(20)17-7-9-18(10-8-17)28-15-16-5-3-2-4-6-16/h2-13,23H,15,26H2,1H3/t23-/m0/s1. The lowest BCUT2D eigenvalue weighted by atomic mass is 9.83. The number of hydrogen-bond donors (Lipinski definition) is 1. The van der Waals surface area contributed by atoms with Crippen LogP contribution in [0.2, 0.25) is 0 Å². The summed E-state index contributed by atoms with van der Waals surface area (Å²) < 4.78 is 16.8. The van der Waals surface area contributed by atoms with E-state index in [0.717, 1.165) is 22.4 Å². The number of nitriles is 1. The van der Waals surface area contributed by atoms with Gasteiger partial charge in [0.15, 0.2) is 0 Å². The maximum Gasteiger partial charge on any atom is 0.205 e. The van der Waals surface area contributed by atoms with Gasteiger partial charge in [0.1, 0.15) is 35.5 Å². The van der Waals surface area contributed by atoms with E-state index in [1.165, 1.54) is 0 Å². The minimum atomic E-state index is -0.308. The Morgan fingerprint density at radius 3 is 2.41 bits per heavy atom. The molecule has 0 unspecified atom stereocenters. The zero-order chi connectivity index (χ0) is 20.2. The topological polar surface area (TPSA) is 77.5 Å². The third kappa shape index (κ3) is 3.74. The van der Waals surface area contributed by atoms with Crippen LogP contribution in [0.1, 0.15) is 22.6 Å². The molecule has 0 amide bonds. The molecule has 1 heterocycles. The molecule has 0 aliphatic carbocycles. The molecule has 5 heteroatoms. The maximum absolute atomic E-state index is 9.67. The first-order chi connectivity index (χ1) is 14.2. The van der Waals surface area contributed by atoms with Gasteiger partial charge in [0, 0.05) is 11.6 Å². The van der Waals surface area contributed by atoms with Crippen LogP contribution >= 0.6 is 0 Å². The van der Waals surface area contributed by atoms with Crippen molar-refractivity contribution in [2.24, 2.45) is 5.73 Å². The van der Waals surface area contributed by atoms with E-state index in [4.69, 9.17) is 19.9 Å². The fraction of sp³-hybridized carbons (Fsp3) is 0.125. The van der Waals surface area contributed by atoms with Gasteiger partial charge in [0.05, 0.1) is 13.0 Å². The molecule has 144 valence electrons. The number of allylic oxidation sites excluding steroid dienone is 1. The van der Waals surface area contributed by atoms with Crippen LogP contribution in [0, 0.1) is 11.3 Å². The summed E-state index contributed by atoms with van der Waals surface area (Å²) in [5.74, 6) is 1.83. The van der Waals surface area contributed by atoms with E-state index in [0.29, 0.717) is 23.7 Å². The summed E-state index contributed by atoms with van der Waals surface area (Å²) in [4.78, 5) is 0. The van der Waals surface area contributed by atoms with Gasteiger partial charge < -0.3 is 19.9 Å². The molecule has 0 fully saturated rings. The fourth-order valence-corrected chi connectivity index (χ4v) is 3.40. The average molecular weight is 384 g/mol. The summed E-state index contributed by atoms with van der Waals surface area (Å²) in [5, 5.41) is 9.67. The third-order valence-corrected chi connectivity index (χ3v) is 4.89. The fourth-order valence-electron chi connectivity index (χ4n) is 3.40. The molecule has 0 radical (unpaired) electrons. The summed E-state index contributed by atoms with van der Waals surface area (Å²) >= 11 is 0. The van der Waals surface area contributed by atoms with E-state index in [-0.39, 0.29) is 11.8 Å². The Labute approximate surface area is 169 Å². The van der Waals surface area contributed by atoms with E-state index in [9.17, 15) is 5.26 Å². The van der Waals surface area contributed by atoms with Crippen molar-refractivity contribution in [3.05, 3.63) is 101 Å². The number of nitrogens with zero attached hydrogens (tertiary/aromatic N) is 1. The second-order valence-corrected chi connectivity index (χ2v) is 6.67. The van der Waals surface area contributed by atoms with Crippen LogP contribution < -0.4 is 19.9 Å². The van der Waals surface area contributed by atoms with Gasteiger partial charge in [0.25, 0.3) is 0 Å². The van der Waals surface area contributed by atoms with Crippen molar-refractivity contribution in [3.63, 3.8) is 0 Å². The highest BCUT2D eigenvalue weighted by Gasteiger charge is 2.30. The molecule has 5 nitrogen and oxygen atoms in total. The predicted molar refractivity (Wildman–Crippen MR) is 110 cm³/mol. The van der Waals surface area contributed by atoms with Crippen molar-refractivity contribution in [3.8, 4) is 23.3 Å². The van der Waals surface area contributed by atoms with Crippen molar-refractivity contribution in [2.45, 2.75) is 12.5 Å². The second-order valence-electron chi connectivity index (χ2n) is 6.67. The Kier molecular flexibility index (Phi) is 5.08. The number of rotatable bonds is 5. The van der Waals surface area contributed by atoms with Gasteiger partial charge in [-0.2, -0.15) is 5.26 Å². The monoisotopic (exact) mass is 384 g/mol. The van der Waals surface area contributed by atoms with Gasteiger partial charge >= 0.3 is 0 Å². The first-order valence-corrected chi connectivity index (χ1v) is 9.22. The van der Waals surface area contributed by atoms with Crippen LogP contribution in [0.15, 0.2) is 84.3 Å². The summed E-state index contributed by atoms with van der Waals surface area (Å²) in [6, 6.07) is 25.4. The molecule has 3 aromatic rings. The Morgan fingerprint density at radius 2 is 1.72 bits per heavy atom. The molecule has 0 saturated heterocycles. The van der Waals surface area contributed by atoms with Gasteiger partial charge in [-0.1, -0.05) is 48.5 Å². The molecule has 3 aromatic carbocycles. The summed E-state index contributed by atoms with van der Waals surface area (Å²) in [7, 11) is 1.59. The molecule has 29 heavy (non-hydrogen) atoms. The molecular weight excluding hydrogens is 364 g/mol. The molecule has 2 N–H and O–H groups in total. The highest BCUT2D eigenvalue weighted by Crippen LogP contribution is 2.43. The average Bonchev–Trinajstić information content (AvgIpc) is 2.77. The van der Waals surface area contributed by atoms with Gasteiger partial charge in [-0.05, 0) is 29.3 Å². The number of benzene rings is 3. The molecule has 1 aliphatic heterocycles. The Hall–Kier alpha value is -3.91. The van der Waals surface area contributed by atoms with Crippen LogP contribution in [0.5, 0.6) is 17.2 Å². The smallest absolute Gasteiger partial charge is 0.205 e. The predicted octanol–water partition coefficient (Wildman–Crippen LogP) is 4.49. The molecular formula is C24H20N2O3. The zero-order valence-corrected chi connectivity index (χ0v) is 16.0. The summed E-state index contributed by atoms with van der Waals surface area (Å²) in [6.07, 6.45) is 0. The van der Waals surface area contributed by atoms with E-state index in [1.54, 1.807) is 13.2 Å².